The molecule has 10 nitrogen and oxygen atoms in total. The quantitative estimate of drug-likeness (QED) is 0.473. The number of hydrogen-bond donors (Lipinski definition) is 1. The molecule has 3 aromatic rings. The molecule has 0 radical (unpaired) electrons. The summed E-state index contributed by atoms with van der Waals surface area (Å²) in [7, 11) is 2.00. The first-order valence-electron chi connectivity index (χ1n) is 14.1. The number of alkyl halides is 2. The summed E-state index contributed by atoms with van der Waals surface area (Å²) in [4.78, 5) is 30.4. The van der Waals surface area contributed by atoms with Crippen LogP contribution in [-0.2, 0) is 9.53 Å². The Hall–Kier alpha value is -3.38. The fourth-order valence-electron chi connectivity index (χ4n) is 5.95. The fraction of sp³-hybridized carbons (Fsp3) is 0.571. The summed E-state index contributed by atoms with van der Waals surface area (Å²) in [5.74, 6) is 0.780. The van der Waals surface area contributed by atoms with E-state index in [0.717, 1.165) is 45.1 Å². The molecule has 1 atom stereocenters. The van der Waals surface area contributed by atoms with Gasteiger partial charge in [0.25, 0.3) is 6.43 Å². The smallest absolute Gasteiger partial charge is 0.296 e. The van der Waals surface area contributed by atoms with Crippen molar-refractivity contribution in [3.63, 3.8) is 0 Å². The van der Waals surface area contributed by atoms with Gasteiger partial charge in [-0.05, 0) is 64.3 Å². The van der Waals surface area contributed by atoms with Gasteiger partial charge in [0.1, 0.15) is 11.9 Å². The molecule has 214 valence electrons. The molecule has 3 fully saturated rings. The van der Waals surface area contributed by atoms with E-state index < -0.39 is 6.43 Å². The number of halogens is 2. The van der Waals surface area contributed by atoms with Crippen LogP contribution in [0.15, 0.2) is 30.3 Å². The van der Waals surface area contributed by atoms with Gasteiger partial charge in [-0.15, -0.1) is 0 Å². The van der Waals surface area contributed by atoms with Crippen molar-refractivity contribution >= 4 is 22.9 Å². The van der Waals surface area contributed by atoms with Crippen molar-refractivity contribution in [3.05, 3.63) is 36.2 Å². The van der Waals surface area contributed by atoms with E-state index in [-0.39, 0.29) is 35.7 Å². The van der Waals surface area contributed by atoms with Crippen LogP contribution in [0.2, 0.25) is 0 Å². The molecule has 1 aliphatic carbocycles. The molecule has 40 heavy (non-hydrogen) atoms. The van der Waals surface area contributed by atoms with Gasteiger partial charge in [0, 0.05) is 25.2 Å². The maximum atomic E-state index is 14.1. The molecule has 3 aliphatic rings. The highest BCUT2D eigenvalue weighted by molar-refractivity contribution is 5.82. The molecule has 6 rings (SSSR count). The van der Waals surface area contributed by atoms with Crippen LogP contribution in [0.3, 0.4) is 0 Å². The predicted octanol–water partition coefficient (Wildman–Crippen LogP) is 3.49. The number of anilines is 1. The SMILES string of the molecule is CN1CCC[C@H]1C(=O)NC1CCC(Oc2cc(-n3c(C(F)F)nc4ccccc43)nc(N3CCOCC3)n2)CC1. The van der Waals surface area contributed by atoms with Crippen molar-refractivity contribution < 1.29 is 23.0 Å². The number of imidazole rings is 1. The van der Waals surface area contributed by atoms with Crippen molar-refractivity contribution in [2.75, 3.05) is 44.8 Å². The minimum absolute atomic E-state index is 0.0376. The van der Waals surface area contributed by atoms with Crippen molar-refractivity contribution in [2.45, 2.75) is 63.1 Å². The van der Waals surface area contributed by atoms with E-state index in [4.69, 9.17) is 14.5 Å². The Morgan fingerprint density at radius 1 is 1.05 bits per heavy atom. The van der Waals surface area contributed by atoms with Gasteiger partial charge in [0.2, 0.25) is 17.7 Å². The Bertz CT molecular complexity index is 1340. The zero-order chi connectivity index (χ0) is 27.6. The standard InChI is InChI=1S/C28H35F2N7O3/c1-35-12-4-7-22(35)27(38)31-18-8-10-19(11-9-18)40-24-17-23(33-28(34-24)36-13-15-39-16-14-36)37-21-6-3-2-5-20(21)32-26(37)25(29)30/h2-3,5-6,17-19,22,25H,4,7-16H2,1H3,(H,31,38)/t18?,19?,22-/m0/s1. The van der Waals surface area contributed by atoms with E-state index in [1.54, 1.807) is 30.3 Å². The first-order valence-corrected chi connectivity index (χ1v) is 14.1. The van der Waals surface area contributed by atoms with Gasteiger partial charge in [0.15, 0.2) is 5.82 Å². The van der Waals surface area contributed by atoms with Crippen LogP contribution >= 0.6 is 0 Å². The number of hydrogen-bond acceptors (Lipinski definition) is 8. The third kappa shape index (κ3) is 5.60. The molecule has 0 unspecified atom stereocenters. The molecule has 0 spiro atoms. The molecule has 1 amide bonds. The lowest BCUT2D eigenvalue weighted by Crippen LogP contribution is -2.47. The van der Waals surface area contributed by atoms with E-state index in [1.807, 2.05) is 11.9 Å². The number of benzene rings is 1. The van der Waals surface area contributed by atoms with Gasteiger partial charge >= 0.3 is 0 Å². The van der Waals surface area contributed by atoms with Crippen LogP contribution in [0.5, 0.6) is 5.88 Å². The molecule has 2 saturated heterocycles. The van der Waals surface area contributed by atoms with E-state index >= 15 is 0 Å². The number of nitrogens with one attached hydrogen (secondary N) is 1. The van der Waals surface area contributed by atoms with Crippen LogP contribution in [0.25, 0.3) is 16.9 Å². The fourth-order valence-corrected chi connectivity index (χ4v) is 5.95. The number of morpholine rings is 1. The minimum atomic E-state index is -2.78. The van der Waals surface area contributed by atoms with Crippen molar-refractivity contribution in [1.82, 2.24) is 29.7 Å². The molecule has 4 heterocycles. The number of carbonyl (C=O) groups is 1. The Kier molecular flexibility index (Phi) is 7.79. The summed E-state index contributed by atoms with van der Waals surface area (Å²) in [6.45, 7) is 3.21. The van der Waals surface area contributed by atoms with Gasteiger partial charge < -0.3 is 19.7 Å². The molecule has 12 heteroatoms. The summed E-state index contributed by atoms with van der Waals surface area (Å²) < 4.78 is 41.5. The Morgan fingerprint density at radius 3 is 2.55 bits per heavy atom. The van der Waals surface area contributed by atoms with Crippen LogP contribution < -0.4 is 15.0 Å². The van der Waals surface area contributed by atoms with E-state index in [0.29, 0.717) is 49.2 Å². The molecule has 2 aliphatic heterocycles. The van der Waals surface area contributed by atoms with Crippen molar-refractivity contribution in [3.8, 4) is 11.7 Å². The monoisotopic (exact) mass is 555 g/mol. The number of amides is 1. The Morgan fingerprint density at radius 2 is 1.82 bits per heavy atom. The summed E-state index contributed by atoms with van der Waals surface area (Å²) in [6.07, 6.45) is 2.20. The van der Waals surface area contributed by atoms with Gasteiger partial charge in [-0.2, -0.15) is 9.97 Å². The van der Waals surface area contributed by atoms with Gasteiger partial charge in [-0.3, -0.25) is 14.3 Å². The number of ether oxygens (including phenoxy) is 2. The number of likely N-dealkylation sites (N-methyl/N-ethyl adjacent to an activating group) is 1. The molecule has 0 bridgehead atoms. The molecule has 1 aromatic carbocycles. The zero-order valence-corrected chi connectivity index (χ0v) is 22.6. The van der Waals surface area contributed by atoms with Crippen LogP contribution in [-0.4, -0.2) is 88.4 Å². The lowest BCUT2D eigenvalue weighted by atomic mass is 9.92. The molecular formula is C28H35F2N7O3. The number of fused-ring (bicyclic) bond motifs is 1. The van der Waals surface area contributed by atoms with Gasteiger partial charge in [0.05, 0.1) is 30.3 Å². The number of para-hydroxylation sites is 2. The second kappa shape index (κ2) is 11.6. The zero-order valence-electron chi connectivity index (χ0n) is 22.6. The first kappa shape index (κ1) is 26.8. The van der Waals surface area contributed by atoms with Crippen LogP contribution in [0, 0.1) is 0 Å². The maximum absolute atomic E-state index is 14.1. The van der Waals surface area contributed by atoms with E-state index in [1.165, 1.54) is 4.57 Å². The third-order valence-electron chi connectivity index (χ3n) is 8.11. The summed E-state index contributed by atoms with van der Waals surface area (Å²) in [5.41, 5.74) is 1.01. The molecular weight excluding hydrogens is 520 g/mol. The van der Waals surface area contributed by atoms with Crippen LogP contribution in [0.1, 0.15) is 50.8 Å². The van der Waals surface area contributed by atoms with Crippen LogP contribution in [0.4, 0.5) is 14.7 Å². The number of rotatable bonds is 7. The maximum Gasteiger partial charge on any atom is 0.296 e. The van der Waals surface area contributed by atoms with Crippen molar-refractivity contribution in [2.24, 2.45) is 0 Å². The highest BCUT2D eigenvalue weighted by Gasteiger charge is 2.31. The number of likely N-dealkylation sites (tertiary alicyclic amines) is 1. The summed E-state index contributed by atoms with van der Waals surface area (Å²) >= 11 is 0. The second-order valence-electron chi connectivity index (χ2n) is 10.8. The minimum Gasteiger partial charge on any atom is -0.474 e. The first-order chi connectivity index (χ1) is 19.5. The normalized spacial score (nSPS) is 24.1. The van der Waals surface area contributed by atoms with Gasteiger partial charge in [-0.25, -0.2) is 13.8 Å². The van der Waals surface area contributed by atoms with E-state index in [2.05, 4.69) is 20.2 Å². The lowest BCUT2D eigenvalue weighted by Gasteiger charge is -2.31. The Labute approximate surface area is 231 Å². The largest absolute Gasteiger partial charge is 0.474 e. The average Bonchev–Trinajstić information content (AvgIpc) is 3.58. The summed E-state index contributed by atoms with van der Waals surface area (Å²) in [6, 6.07) is 8.73. The van der Waals surface area contributed by atoms with E-state index in [9.17, 15) is 13.6 Å². The highest BCUT2D eigenvalue weighted by Crippen LogP contribution is 2.31. The molecule has 1 N–H and O–H groups in total. The predicted molar refractivity (Wildman–Crippen MR) is 145 cm³/mol. The second-order valence-corrected chi connectivity index (χ2v) is 10.8. The number of nitrogens with zero attached hydrogens (tertiary/aromatic N) is 6. The lowest BCUT2D eigenvalue weighted by molar-refractivity contribution is -0.126. The molecule has 2 aromatic heterocycles. The van der Waals surface area contributed by atoms with Gasteiger partial charge in [-0.1, -0.05) is 12.1 Å². The number of carbonyl (C=O) groups excluding carboxylic acids is 1. The molecule has 1 saturated carbocycles. The topological polar surface area (TPSA) is 97.6 Å². The number of aromatic nitrogens is 4. The highest BCUT2D eigenvalue weighted by atomic mass is 19.3. The third-order valence-corrected chi connectivity index (χ3v) is 8.11. The summed E-state index contributed by atoms with van der Waals surface area (Å²) in [5, 5.41) is 3.23. The van der Waals surface area contributed by atoms with Crippen molar-refractivity contribution in [1.29, 1.82) is 0 Å². The average molecular weight is 556 g/mol. The Balaban J connectivity index is 1.23.